The van der Waals surface area contributed by atoms with Crippen LogP contribution in [-0.4, -0.2) is 0 Å². The maximum absolute atomic E-state index is 4.34. The lowest BCUT2D eigenvalue weighted by molar-refractivity contribution is 1.18. The molecule has 0 radical (unpaired) electrons. The molecule has 0 spiro atoms. The van der Waals surface area contributed by atoms with E-state index < -0.39 is 0 Å². The Labute approximate surface area is 108 Å². The maximum Gasteiger partial charge on any atom is -0.00198 e. The highest BCUT2D eigenvalue weighted by Crippen LogP contribution is 2.18. The zero-order valence-electron chi connectivity index (χ0n) is 9.93. The maximum atomic E-state index is 4.34. The van der Waals surface area contributed by atoms with Crippen LogP contribution >= 0.6 is 12.6 Å². The van der Waals surface area contributed by atoms with Crippen molar-refractivity contribution in [3.05, 3.63) is 76.2 Å². The van der Waals surface area contributed by atoms with Crippen LogP contribution in [0.2, 0.25) is 0 Å². The first-order chi connectivity index (χ1) is 8.25. The van der Waals surface area contributed by atoms with Gasteiger partial charge in [0.2, 0.25) is 0 Å². The van der Waals surface area contributed by atoms with E-state index in [1.165, 1.54) is 16.7 Å². The lowest BCUT2D eigenvalue weighted by Crippen LogP contribution is -1.91. The predicted octanol–water partition coefficient (Wildman–Crippen LogP) is 4.57. The summed E-state index contributed by atoms with van der Waals surface area (Å²) < 4.78 is 0. The molecule has 0 aromatic heterocycles. The van der Waals surface area contributed by atoms with Gasteiger partial charge in [0.05, 0.1) is 0 Å². The van der Waals surface area contributed by atoms with Crippen molar-refractivity contribution in [1.29, 1.82) is 0 Å². The van der Waals surface area contributed by atoms with Gasteiger partial charge in [0.25, 0.3) is 0 Å². The first-order valence-electron chi connectivity index (χ1n) is 5.75. The van der Waals surface area contributed by atoms with Gasteiger partial charge in [-0.25, -0.2) is 0 Å². The Balaban J connectivity index is 2.30. The van der Waals surface area contributed by atoms with Gasteiger partial charge in [-0.05, 0) is 41.0 Å². The molecule has 2 aromatic rings. The molecule has 2 aromatic carbocycles. The average molecular weight is 240 g/mol. The van der Waals surface area contributed by atoms with Gasteiger partial charge in [-0.3, -0.25) is 0 Å². The molecule has 86 valence electrons. The van der Waals surface area contributed by atoms with Gasteiger partial charge in [-0.2, -0.15) is 0 Å². The van der Waals surface area contributed by atoms with Gasteiger partial charge in [0.1, 0.15) is 0 Å². The van der Waals surface area contributed by atoms with Crippen LogP contribution in [0.3, 0.4) is 0 Å². The van der Waals surface area contributed by atoms with Crippen molar-refractivity contribution in [3.63, 3.8) is 0 Å². The number of allylic oxidation sites excluding steroid dienone is 1. The van der Waals surface area contributed by atoms with E-state index in [1.54, 1.807) is 0 Å². The van der Waals surface area contributed by atoms with Gasteiger partial charge >= 0.3 is 0 Å². The quantitative estimate of drug-likeness (QED) is 0.747. The largest absolute Gasteiger partial charge is 0.148 e. The van der Waals surface area contributed by atoms with E-state index in [4.69, 9.17) is 0 Å². The third kappa shape index (κ3) is 3.50. The van der Waals surface area contributed by atoms with Gasteiger partial charge in [0.15, 0.2) is 0 Å². The smallest absolute Gasteiger partial charge is 0.00198 e. The minimum absolute atomic E-state index is 0.967. The van der Waals surface area contributed by atoms with E-state index in [9.17, 15) is 0 Å². The fourth-order valence-electron chi connectivity index (χ4n) is 1.88. The summed E-state index contributed by atoms with van der Waals surface area (Å²) >= 11 is 4.34. The van der Waals surface area contributed by atoms with Gasteiger partial charge in [-0.1, -0.05) is 54.6 Å². The summed E-state index contributed by atoms with van der Waals surface area (Å²) in [4.78, 5) is 1.03. The minimum Gasteiger partial charge on any atom is -0.148 e. The van der Waals surface area contributed by atoms with Crippen LogP contribution in [0, 0.1) is 0 Å². The molecular formula is C16H16S. The van der Waals surface area contributed by atoms with Crippen molar-refractivity contribution in [2.45, 2.75) is 13.3 Å². The summed E-state index contributed by atoms with van der Waals surface area (Å²) in [5.74, 6) is 0. The lowest BCUT2D eigenvalue weighted by atomic mass is 9.99. The van der Waals surface area contributed by atoms with Crippen molar-refractivity contribution in [2.24, 2.45) is 0 Å². The van der Waals surface area contributed by atoms with Crippen molar-refractivity contribution in [2.75, 3.05) is 0 Å². The summed E-state index contributed by atoms with van der Waals surface area (Å²) in [7, 11) is 0. The molecule has 0 heterocycles. The Morgan fingerprint density at radius 3 is 2.35 bits per heavy atom. The number of thiol groups is 1. The first kappa shape index (κ1) is 12.0. The summed E-state index contributed by atoms with van der Waals surface area (Å²) in [5.41, 5.74) is 3.93. The summed E-state index contributed by atoms with van der Waals surface area (Å²) in [5, 5.41) is 0. The van der Waals surface area contributed by atoms with E-state index in [0.29, 0.717) is 0 Å². The van der Waals surface area contributed by atoms with Crippen molar-refractivity contribution in [3.8, 4) is 0 Å². The highest BCUT2D eigenvalue weighted by Gasteiger charge is 2.00. The van der Waals surface area contributed by atoms with E-state index in [0.717, 1.165) is 11.3 Å². The van der Waals surface area contributed by atoms with Crippen LogP contribution in [0.1, 0.15) is 23.6 Å². The van der Waals surface area contributed by atoms with E-state index in [1.807, 2.05) is 13.0 Å². The van der Waals surface area contributed by atoms with Crippen LogP contribution in [0.4, 0.5) is 0 Å². The van der Waals surface area contributed by atoms with E-state index >= 15 is 0 Å². The molecule has 17 heavy (non-hydrogen) atoms. The van der Waals surface area contributed by atoms with E-state index in [2.05, 4.69) is 67.2 Å². The normalized spacial score (nSPS) is 11.5. The Hall–Kier alpha value is -1.47. The molecule has 0 saturated heterocycles. The van der Waals surface area contributed by atoms with Gasteiger partial charge in [-0.15, -0.1) is 12.6 Å². The summed E-state index contributed by atoms with van der Waals surface area (Å²) in [6, 6.07) is 19.0. The Morgan fingerprint density at radius 2 is 1.65 bits per heavy atom. The molecule has 2 rings (SSSR count). The summed E-state index contributed by atoms with van der Waals surface area (Å²) in [6.45, 7) is 2.00. The topological polar surface area (TPSA) is 0 Å². The molecule has 0 aliphatic rings. The minimum atomic E-state index is 0.967. The average Bonchev–Trinajstić information content (AvgIpc) is 2.32. The highest BCUT2D eigenvalue weighted by atomic mass is 32.1. The molecule has 0 N–H and O–H groups in total. The fourth-order valence-corrected chi connectivity index (χ4v) is 2.02. The third-order valence-corrected chi connectivity index (χ3v) is 2.79. The highest BCUT2D eigenvalue weighted by molar-refractivity contribution is 7.84. The molecule has 0 unspecified atom stereocenters. The van der Waals surface area contributed by atoms with Crippen LogP contribution in [0.5, 0.6) is 0 Å². The molecule has 0 atom stereocenters. The Bertz CT molecular complexity index is 508. The van der Waals surface area contributed by atoms with Crippen LogP contribution in [0.25, 0.3) is 6.08 Å². The van der Waals surface area contributed by atoms with Gasteiger partial charge < -0.3 is 0 Å². The molecule has 0 nitrogen and oxygen atoms in total. The fraction of sp³-hybridized carbons (Fsp3) is 0.125. The second-order valence-corrected chi connectivity index (χ2v) is 4.85. The number of hydrogen-bond acceptors (Lipinski definition) is 1. The van der Waals surface area contributed by atoms with Crippen molar-refractivity contribution < 1.29 is 0 Å². The molecule has 0 aliphatic carbocycles. The third-order valence-electron chi connectivity index (χ3n) is 2.66. The first-order valence-corrected chi connectivity index (χ1v) is 6.19. The number of rotatable bonds is 3. The lowest BCUT2D eigenvalue weighted by Gasteiger charge is -2.06. The number of benzene rings is 2. The molecule has 1 heteroatoms. The molecule has 0 bridgehead atoms. The Morgan fingerprint density at radius 1 is 1.00 bits per heavy atom. The summed E-state index contributed by atoms with van der Waals surface area (Å²) in [6.07, 6.45) is 3.08. The second-order valence-electron chi connectivity index (χ2n) is 4.15. The molecule has 0 saturated carbocycles. The molecule has 0 amide bonds. The van der Waals surface area contributed by atoms with Crippen LogP contribution in [-0.2, 0) is 6.42 Å². The second kappa shape index (κ2) is 5.74. The molecule has 0 fully saturated rings. The zero-order valence-corrected chi connectivity index (χ0v) is 10.8. The predicted molar refractivity (Wildman–Crippen MR) is 78.3 cm³/mol. The monoisotopic (exact) mass is 240 g/mol. The zero-order chi connectivity index (χ0) is 12.1. The standard InChI is InChI=1S/C16H16S/c1-13(17)11-15-9-5-6-10-16(15)12-14-7-3-2-4-8-14/h2-11,17H,12H2,1H3/b13-11-. The van der Waals surface area contributed by atoms with Crippen LogP contribution in [0.15, 0.2) is 59.5 Å². The molecule has 0 aliphatic heterocycles. The van der Waals surface area contributed by atoms with E-state index in [-0.39, 0.29) is 0 Å². The van der Waals surface area contributed by atoms with Crippen molar-refractivity contribution >= 4 is 18.7 Å². The van der Waals surface area contributed by atoms with Crippen LogP contribution < -0.4 is 0 Å². The number of hydrogen-bond donors (Lipinski definition) is 1. The Kier molecular flexibility index (Phi) is 4.05. The molecular weight excluding hydrogens is 224 g/mol. The van der Waals surface area contributed by atoms with Gasteiger partial charge in [0, 0.05) is 0 Å². The SMILES string of the molecule is C/C(S)=C/c1ccccc1Cc1ccccc1. The van der Waals surface area contributed by atoms with Crippen molar-refractivity contribution in [1.82, 2.24) is 0 Å².